The lowest BCUT2D eigenvalue weighted by Gasteiger charge is -2.62. The molecule has 2 bridgehead atoms. The SMILES string of the molecule is COc1ccc2c3c1OC1C(=O)CC[C@@]4(O)[C@@H](C2)N(C)CC[C@]314.Cl. The molecule has 4 atom stereocenters. The zero-order chi connectivity index (χ0) is 16.0. The molecule has 2 aliphatic heterocycles. The standard InChI is InChI=1S/C18H21NO4.ClH/c1-19-8-7-17-14-10-3-4-12(22-2)15(14)23-16(17)11(20)5-6-18(17,21)13(19)9-10;/h3-4,13,16,21H,5-9H2,1-2H3;1H/t13-,16?,17+,18-;/m1./s1. The number of halogens is 1. The van der Waals surface area contributed by atoms with Gasteiger partial charge in [-0.2, -0.15) is 0 Å². The predicted octanol–water partition coefficient (Wildman–Crippen LogP) is 1.47. The van der Waals surface area contributed by atoms with Crippen molar-refractivity contribution < 1.29 is 19.4 Å². The first kappa shape index (κ1) is 16.2. The van der Waals surface area contributed by atoms with E-state index in [1.165, 1.54) is 5.56 Å². The minimum absolute atomic E-state index is 0. The number of rotatable bonds is 1. The molecule has 5 rings (SSSR count). The number of ether oxygens (including phenoxy) is 2. The molecule has 2 heterocycles. The van der Waals surface area contributed by atoms with Crippen molar-refractivity contribution in [2.24, 2.45) is 0 Å². The number of aliphatic hydroxyl groups is 1. The number of ketones is 1. The number of benzene rings is 1. The van der Waals surface area contributed by atoms with Gasteiger partial charge < -0.3 is 19.5 Å². The Labute approximate surface area is 147 Å². The van der Waals surface area contributed by atoms with Crippen molar-refractivity contribution in [1.82, 2.24) is 4.90 Å². The van der Waals surface area contributed by atoms with Crippen LogP contribution in [0, 0.1) is 0 Å². The number of carbonyl (C=O) groups is 1. The Hall–Kier alpha value is -1.30. The quantitative estimate of drug-likeness (QED) is 0.830. The summed E-state index contributed by atoms with van der Waals surface area (Å²) in [4.78, 5) is 14.9. The van der Waals surface area contributed by atoms with E-state index < -0.39 is 17.1 Å². The van der Waals surface area contributed by atoms with Gasteiger partial charge in [0.05, 0.1) is 18.1 Å². The molecule has 4 aliphatic rings. The van der Waals surface area contributed by atoms with Crippen molar-refractivity contribution in [3.05, 3.63) is 23.3 Å². The van der Waals surface area contributed by atoms with Crippen LogP contribution in [-0.4, -0.2) is 54.2 Å². The summed E-state index contributed by atoms with van der Waals surface area (Å²) in [6, 6.07) is 4.05. The Morgan fingerprint density at radius 3 is 2.92 bits per heavy atom. The Bertz CT molecular complexity index is 738. The molecule has 0 aromatic heterocycles. The molecular formula is C18H22ClNO4. The second-order valence-corrected chi connectivity index (χ2v) is 7.44. The average molecular weight is 352 g/mol. The van der Waals surface area contributed by atoms with Crippen molar-refractivity contribution in [3.8, 4) is 11.5 Å². The van der Waals surface area contributed by atoms with Gasteiger partial charge in [-0.1, -0.05) is 6.07 Å². The molecule has 2 fully saturated rings. The molecule has 5 nitrogen and oxygen atoms in total. The molecule has 0 radical (unpaired) electrons. The first-order chi connectivity index (χ1) is 11.0. The zero-order valence-corrected chi connectivity index (χ0v) is 14.7. The van der Waals surface area contributed by atoms with Gasteiger partial charge >= 0.3 is 0 Å². The first-order valence-corrected chi connectivity index (χ1v) is 8.35. The molecular weight excluding hydrogens is 330 g/mol. The summed E-state index contributed by atoms with van der Waals surface area (Å²) >= 11 is 0. The van der Waals surface area contributed by atoms with E-state index in [2.05, 4.69) is 18.0 Å². The van der Waals surface area contributed by atoms with Gasteiger partial charge in [0, 0.05) is 18.0 Å². The molecule has 2 aliphatic carbocycles. The summed E-state index contributed by atoms with van der Waals surface area (Å²) in [5, 5.41) is 11.7. The van der Waals surface area contributed by atoms with Crippen molar-refractivity contribution in [3.63, 3.8) is 0 Å². The molecule has 1 spiro atoms. The highest BCUT2D eigenvalue weighted by molar-refractivity contribution is 5.90. The smallest absolute Gasteiger partial charge is 0.174 e. The summed E-state index contributed by atoms with van der Waals surface area (Å²) in [5.74, 6) is 1.47. The van der Waals surface area contributed by atoms with E-state index in [0.717, 1.165) is 24.9 Å². The molecule has 6 heteroatoms. The summed E-state index contributed by atoms with van der Waals surface area (Å²) < 4.78 is 11.6. The Morgan fingerprint density at radius 2 is 2.17 bits per heavy atom. The van der Waals surface area contributed by atoms with Crippen LogP contribution in [0.15, 0.2) is 12.1 Å². The lowest BCUT2D eigenvalue weighted by molar-refractivity contribution is -0.185. The third-order valence-electron chi connectivity index (χ3n) is 6.73. The van der Waals surface area contributed by atoms with E-state index >= 15 is 0 Å². The maximum absolute atomic E-state index is 12.7. The average Bonchev–Trinajstić information content (AvgIpc) is 2.90. The minimum Gasteiger partial charge on any atom is -0.493 e. The van der Waals surface area contributed by atoms with E-state index in [-0.39, 0.29) is 24.2 Å². The Morgan fingerprint density at radius 1 is 1.38 bits per heavy atom. The van der Waals surface area contributed by atoms with Gasteiger partial charge in [-0.15, -0.1) is 12.4 Å². The molecule has 130 valence electrons. The van der Waals surface area contributed by atoms with Crippen LogP contribution in [0.5, 0.6) is 11.5 Å². The maximum Gasteiger partial charge on any atom is 0.174 e. The second-order valence-electron chi connectivity index (χ2n) is 7.44. The Balaban J connectivity index is 0.00000146. The van der Waals surface area contributed by atoms with E-state index in [1.807, 2.05) is 6.07 Å². The predicted molar refractivity (Wildman–Crippen MR) is 90.3 cm³/mol. The third kappa shape index (κ3) is 1.52. The fraction of sp³-hybridized carbons (Fsp3) is 0.611. The lowest BCUT2D eigenvalue weighted by Crippen LogP contribution is -2.76. The maximum atomic E-state index is 12.7. The van der Waals surface area contributed by atoms with Crippen molar-refractivity contribution in [2.75, 3.05) is 20.7 Å². The number of piperidine rings is 1. The van der Waals surface area contributed by atoms with Gasteiger partial charge in [-0.25, -0.2) is 0 Å². The molecule has 1 N–H and O–H groups in total. The van der Waals surface area contributed by atoms with Crippen LogP contribution < -0.4 is 9.47 Å². The Kier molecular flexibility index (Phi) is 3.28. The minimum atomic E-state index is -0.900. The highest BCUT2D eigenvalue weighted by atomic mass is 35.5. The van der Waals surface area contributed by atoms with Crippen LogP contribution in [0.1, 0.15) is 30.4 Å². The first-order valence-electron chi connectivity index (χ1n) is 8.35. The summed E-state index contributed by atoms with van der Waals surface area (Å²) in [5.41, 5.74) is 0.737. The molecule has 1 unspecified atom stereocenters. The van der Waals surface area contributed by atoms with Crippen LogP contribution in [0.4, 0.5) is 0 Å². The van der Waals surface area contributed by atoms with Gasteiger partial charge in [0.25, 0.3) is 0 Å². The largest absolute Gasteiger partial charge is 0.493 e. The van der Waals surface area contributed by atoms with Gasteiger partial charge in [0.15, 0.2) is 23.4 Å². The third-order valence-corrected chi connectivity index (χ3v) is 6.73. The number of Topliss-reactive ketones (excluding diaryl/α,β-unsaturated/α-hetero) is 1. The van der Waals surface area contributed by atoms with Gasteiger partial charge in [-0.3, -0.25) is 4.79 Å². The number of likely N-dealkylation sites (tertiary alicyclic amines) is 1. The molecule has 1 saturated heterocycles. The van der Waals surface area contributed by atoms with Crippen LogP contribution in [0.2, 0.25) is 0 Å². The normalized spacial score (nSPS) is 38.9. The molecule has 0 amide bonds. The van der Waals surface area contributed by atoms with Gasteiger partial charge in [0.2, 0.25) is 0 Å². The monoisotopic (exact) mass is 351 g/mol. The van der Waals surface area contributed by atoms with Gasteiger partial charge in [-0.05, 0) is 44.5 Å². The van der Waals surface area contributed by atoms with E-state index in [9.17, 15) is 9.90 Å². The fourth-order valence-corrected chi connectivity index (χ4v) is 5.69. The second kappa shape index (κ2) is 4.87. The number of nitrogens with zero attached hydrogens (tertiary/aromatic N) is 1. The van der Waals surface area contributed by atoms with Gasteiger partial charge in [0.1, 0.15) is 0 Å². The molecule has 1 saturated carbocycles. The van der Waals surface area contributed by atoms with Crippen molar-refractivity contribution in [1.29, 1.82) is 0 Å². The highest BCUT2D eigenvalue weighted by Gasteiger charge is 2.72. The van der Waals surface area contributed by atoms with Crippen molar-refractivity contribution >= 4 is 18.2 Å². The van der Waals surface area contributed by atoms with Crippen LogP contribution >= 0.6 is 12.4 Å². The molecule has 24 heavy (non-hydrogen) atoms. The van der Waals surface area contributed by atoms with E-state index in [0.29, 0.717) is 24.3 Å². The van der Waals surface area contributed by atoms with Crippen LogP contribution in [-0.2, 0) is 16.6 Å². The van der Waals surface area contributed by atoms with Crippen molar-refractivity contribution in [2.45, 2.75) is 48.8 Å². The molecule has 1 aromatic rings. The number of hydrogen-bond acceptors (Lipinski definition) is 5. The highest BCUT2D eigenvalue weighted by Crippen LogP contribution is 2.64. The number of hydrogen-bond donors (Lipinski definition) is 1. The lowest BCUT2D eigenvalue weighted by atomic mass is 9.49. The summed E-state index contributed by atoms with van der Waals surface area (Å²) in [6.07, 6.45) is 1.89. The van der Waals surface area contributed by atoms with Crippen LogP contribution in [0.25, 0.3) is 0 Å². The fourth-order valence-electron chi connectivity index (χ4n) is 5.69. The number of carbonyl (C=O) groups excluding carboxylic acids is 1. The summed E-state index contributed by atoms with van der Waals surface area (Å²) in [7, 11) is 3.70. The van der Waals surface area contributed by atoms with Crippen LogP contribution in [0.3, 0.4) is 0 Å². The number of likely N-dealkylation sites (N-methyl/N-ethyl adjacent to an activating group) is 1. The number of methoxy groups -OCH3 is 1. The zero-order valence-electron chi connectivity index (χ0n) is 13.9. The topological polar surface area (TPSA) is 59.0 Å². The van der Waals surface area contributed by atoms with E-state index in [4.69, 9.17) is 9.47 Å². The van der Waals surface area contributed by atoms with E-state index in [1.54, 1.807) is 7.11 Å². The summed E-state index contributed by atoms with van der Waals surface area (Å²) in [6.45, 7) is 0.871. The molecule has 1 aromatic carbocycles.